The highest BCUT2D eigenvalue weighted by atomic mass is 32.2. The van der Waals surface area contributed by atoms with Crippen molar-refractivity contribution in [3.8, 4) is 11.5 Å². The summed E-state index contributed by atoms with van der Waals surface area (Å²) in [6.45, 7) is 0.115. The summed E-state index contributed by atoms with van der Waals surface area (Å²) in [4.78, 5) is 27.1. The smallest absolute Gasteiger partial charge is 0.329 e. The highest BCUT2D eigenvalue weighted by molar-refractivity contribution is 7.90. The van der Waals surface area contributed by atoms with E-state index in [2.05, 4.69) is 5.32 Å². The number of fused-ring (bicyclic) bond motifs is 1. The summed E-state index contributed by atoms with van der Waals surface area (Å²) in [5, 5.41) is 1.99. The monoisotopic (exact) mass is 445 g/mol. The number of hydrogen-bond donors (Lipinski definition) is 2. The van der Waals surface area contributed by atoms with Crippen LogP contribution in [0.5, 0.6) is 11.5 Å². The van der Waals surface area contributed by atoms with Crippen LogP contribution in [0, 0.1) is 0 Å². The summed E-state index contributed by atoms with van der Waals surface area (Å²) in [6.07, 6.45) is 1.26. The van der Waals surface area contributed by atoms with Crippen LogP contribution in [0.3, 0.4) is 0 Å². The Morgan fingerprint density at radius 3 is 2.52 bits per heavy atom. The molecule has 1 fully saturated rings. The Morgan fingerprint density at radius 1 is 1.10 bits per heavy atom. The van der Waals surface area contributed by atoms with Gasteiger partial charge in [-0.3, -0.25) is 4.79 Å². The first-order chi connectivity index (χ1) is 14.8. The lowest BCUT2D eigenvalue weighted by Gasteiger charge is -2.25. The second-order valence-corrected chi connectivity index (χ2v) is 9.46. The van der Waals surface area contributed by atoms with Crippen molar-refractivity contribution in [2.75, 3.05) is 18.7 Å². The number of ether oxygens (including phenoxy) is 2. The first-order valence-corrected chi connectivity index (χ1v) is 11.4. The van der Waals surface area contributed by atoms with Crippen LogP contribution in [0.15, 0.2) is 48.5 Å². The van der Waals surface area contributed by atoms with Crippen molar-refractivity contribution in [3.05, 3.63) is 54.1 Å². The van der Waals surface area contributed by atoms with Crippen LogP contribution in [0.25, 0.3) is 0 Å². The van der Waals surface area contributed by atoms with Crippen LogP contribution in [0.2, 0.25) is 0 Å². The van der Waals surface area contributed by atoms with E-state index in [0.717, 1.165) is 5.56 Å². The van der Waals surface area contributed by atoms with E-state index in [1.807, 2.05) is 35.1 Å². The zero-order chi connectivity index (χ0) is 22.0. The predicted octanol–water partition coefficient (Wildman–Crippen LogP) is 1.78. The van der Waals surface area contributed by atoms with Crippen LogP contribution < -0.4 is 24.4 Å². The molecule has 1 aliphatic carbocycles. The standard InChI is InChI=1S/C21H23N3O6S/c1-24(15-7-10-18-19(12-15)30-13-29-18)20(25)17(11-14-5-3-2-4-6-14)22-21(26)23-31(27,28)16-8-9-16/h2-7,10,12,16-17H,8-9,11,13H2,1H3,(H2,22,23,26)/t17-/m0/s1. The average Bonchev–Trinajstić information content (AvgIpc) is 3.51. The summed E-state index contributed by atoms with van der Waals surface area (Å²) in [5.74, 6) is 0.716. The van der Waals surface area contributed by atoms with Gasteiger partial charge in [-0.15, -0.1) is 0 Å². The fourth-order valence-corrected chi connectivity index (χ4v) is 4.52. The molecule has 0 unspecified atom stereocenters. The van der Waals surface area contributed by atoms with Crippen molar-refractivity contribution < 1.29 is 27.5 Å². The lowest BCUT2D eigenvalue weighted by molar-refractivity contribution is -0.120. The number of sulfonamides is 1. The van der Waals surface area contributed by atoms with E-state index < -0.39 is 33.3 Å². The van der Waals surface area contributed by atoms with Gasteiger partial charge in [-0.2, -0.15) is 0 Å². The summed E-state index contributed by atoms with van der Waals surface area (Å²) >= 11 is 0. The molecule has 2 aromatic rings. The van der Waals surface area contributed by atoms with Gasteiger partial charge in [0.2, 0.25) is 22.7 Å². The lowest BCUT2D eigenvalue weighted by Crippen LogP contribution is -2.52. The zero-order valence-corrected chi connectivity index (χ0v) is 17.7. The number of rotatable bonds is 7. The molecule has 1 heterocycles. The number of urea groups is 1. The van der Waals surface area contributed by atoms with Gasteiger partial charge in [0.25, 0.3) is 0 Å². The minimum Gasteiger partial charge on any atom is -0.454 e. The molecule has 0 bridgehead atoms. The molecule has 164 valence electrons. The van der Waals surface area contributed by atoms with Gasteiger partial charge >= 0.3 is 6.03 Å². The Morgan fingerprint density at radius 2 is 1.81 bits per heavy atom. The van der Waals surface area contributed by atoms with E-state index in [4.69, 9.17) is 9.47 Å². The van der Waals surface area contributed by atoms with Gasteiger partial charge in [-0.25, -0.2) is 17.9 Å². The SMILES string of the molecule is CN(C(=O)[C@H](Cc1ccccc1)NC(=O)NS(=O)(=O)C1CC1)c1ccc2c(c1)OCO2. The van der Waals surface area contributed by atoms with E-state index >= 15 is 0 Å². The van der Waals surface area contributed by atoms with Crippen molar-refractivity contribution >= 4 is 27.6 Å². The van der Waals surface area contributed by atoms with E-state index in [0.29, 0.717) is 30.0 Å². The Labute approximate surface area is 180 Å². The largest absolute Gasteiger partial charge is 0.454 e. The number of anilines is 1. The summed E-state index contributed by atoms with van der Waals surface area (Å²) in [5.41, 5.74) is 1.38. The van der Waals surface area contributed by atoms with Crippen molar-refractivity contribution in [1.29, 1.82) is 0 Å². The highest BCUT2D eigenvalue weighted by Crippen LogP contribution is 2.35. The molecule has 2 aromatic carbocycles. The fraction of sp³-hybridized carbons (Fsp3) is 0.333. The maximum Gasteiger partial charge on any atom is 0.329 e. The van der Waals surface area contributed by atoms with Crippen molar-refractivity contribution in [2.45, 2.75) is 30.6 Å². The number of amides is 3. The normalized spacial score (nSPS) is 15.8. The molecule has 0 aromatic heterocycles. The van der Waals surface area contributed by atoms with Gasteiger partial charge in [0.05, 0.1) is 5.25 Å². The molecule has 0 radical (unpaired) electrons. The van der Waals surface area contributed by atoms with Crippen LogP contribution >= 0.6 is 0 Å². The van der Waals surface area contributed by atoms with Gasteiger partial charge in [0.15, 0.2) is 11.5 Å². The third-order valence-corrected chi connectivity index (χ3v) is 6.98. The van der Waals surface area contributed by atoms with Gasteiger partial charge in [-0.05, 0) is 30.5 Å². The quantitative estimate of drug-likeness (QED) is 0.672. The maximum atomic E-state index is 13.3. The Balaban J connectivity index is 1.52. The third kappa shape index (κ3) is 4.91. The first kappa shape index (κ1) is 21.0. The third-order valence-electron chi connectivity index (χ3n) is 5.16. The molecule has 2 N–H and O–H groups in total. The number of nitrogens with zero attached hydrogens (tertiary/aromatic N) is 1. The minimum absolute atomic E-state index is 0.115. The van der Waals surface area contributed by atoms with Gasteiger partial charge in [0, 0.05) is 25.2 Å². The fourth-order valence-electron chi connectivity index (χ4n) is 3.28. The molecule has 1 atom stereocenters. The van der Waals surface area contributed by atoms with Gasteiger partial charge < -0.3 is 19.7 Å². The predicted molar refractivity (Wildman–Crippen MR) is 114 cm³/mol. The molecule has 1 saturated carbocycles. The van der Waals surface area contributed by atoms with Crippen molar-refractivity contribution in [1.82, 2.24) is 10.0 Å². The number of benzene rings is 2. The number of hydrogen-bond acceptors (Lipinski definition) is 6. The summed E-state index contributed by atoms with van der Waals surface area (Å²) in [6, 6.07) is 12.4. The zero-order valence-electron chi connectivity index (χ0n) is 16.9. The maximum absolute atomic E-state index is 13.3. The molecular weight excluding hydrogens is 422 g/mol. The van der Waals surface area contributed by atoms with Gasteiger partial charge in [-0.1, -0.05) is 30.3 Å². The molecule has 1 aliphatic heterocycles. The number of likely N-dealkylation sites (N-methyl/N-ethyl adjacent to an activating group) is 1. The molecule has 4 rings (SSSR count). The highest BCUT2D eigenvalue weighted by Gasteiger charge is 2.37. The Kier molecular flexibility index (Phi) is 5.73. The summed E-state index contributed by atoms with van der Waals surface area (Å²) < 4.78 is 36.8. The molecule has 2 aliphatic rings. The second-order valence-electron chi connectivity index (χ2n) is 7.50. The van der Waals surface area contributed by atoms with E-state index in [1.165, 1.54) is 4.90 Å². The Hall–Kier alpha value is -3.27. The van der Waals surface area contributed by atoms with Crippen LogP contribution in [0.1, 0.15) is 18.4 Å². The number of nitrogens with one attached hydrogen (secondary N) is 2. The minimum atomic E-state index is -3.73. The van der Waals surface area contributed by atoms with E-state index in [9.17, 15) is 18.0 Å². The molecule has 3 amide bonds. The Bertz CT molecular complexity index is 1090. The molecule has 31 heavy (non-hydrogen) atoms. The molecular formula is C21H23N3O6S. The van der Waals surface area contributed by atoms with Crippen molar-refractivity contribution in [2.24, 2.45) is 0 Å². The van der Waals surface area contributed by atoms with Gasteiger partial charge in [0.1, 0.15) is 6.04 Å². The first-order valence-electron chi connectivity index (χ1n) is 9.87. The molecule has 0 spiro atoms. The van der Waals surface area contributed by atoms with Crippen molar-refractivity contribution in [3.63, 3.8) is 0 Å². The molecule has 10 heteroatoms. The number of carbonyl (C=O) groups excluding carboxylic acids is 2. The van der Waals surface area contributed by atoms with Crippen LogP contribution in [0.4, 0.5) is 10.5 Å². The summed E-state index contributed by atoms with van der Waals surface area (Å²) in [7, 11) is -2.15. The van der Waals surface area contributed by atoms with Crippen LogP contribution in [-0.2, 0) is 21.2 Å². The topological polar surface area (TPSA) is 114 Å². The second kappa shape index (κ2) is 8.46. The lowest BCUT2D eigenvalue weighted by atomic mass is 10.0. The number of carbonyl (C=O) groups is 2. The average molecular weight is 445 g/mol. The van der Waals surface area contributed by atoms with Crippen LogP contribution in [-0.4, -0.2) is 45.5 Å². The molecule has 0 saturated heterocycles. The van der Waals surface area contributed by atoms with E-state index in [-0.39, 0.29) is 13.2 Å². The molecule has 9 nitrogen and oxygen atoms in total. The van der Waals surface area contributed by atoms with E-state index in [1.54, 1.807) is 25.2 Å².